The quantitative estimate of drug-likeness (QED) is 0.523. The highest BCUT2D eigenvalue weighted by Gasteiger charge is 2.36. The number of H-pyrrole nitrogens is 1. The van der Waals surface area contributed by atoms with Gasteiger partial charge >= 0.3 is 0 Å². The van der Waals surface area contributed by atoms with Crippen LogP contribution in [0.4, 0.5) is 5.69 Å². The van der Waals surface area contributed by atoms with Crippen molar-refractivity contribution in [3.05, 3.63) is 76.0 Å². The van der Waals surface area contributed by atoms with E-state index < -0.39 is 4.92 Å². The molecule has 0 unspecified atom stereocenters. The second-order valence-corrected chi connectivity index (χ2v) is 7.23. The SMILES string of the molecule is O=C(NCC1(c2ccccc2)CCCC1)c1c[nH]c2ccc([N+](=O)[O-])cc12. The van der Waals surface area contributed by atoms with Gasteiger partial charge in [-0.15, -0.1) is 0 Å². The number of amides is 1. The van der Waals surface area contributed by atoms with Crippen LogP contribution in [0.15, 0.2) is 54.7 Å². The lowest BCUT2D eigenvalue weighted by atomic mass is 9.79. The number of carbonyl (C=O) groups excluding carboxylic acids is 1. The van der Waals surface area contributed by atoms with E-state index in [2.05, 4.69) is 22.4 Å². The van der Waals surface area contributed by atoms with Crippen molar-refractivity contribution in [3.63, 3.8) is 0 Å². The molecule has 138 valence electrons. The lowest BCUT2D eigenvalue weighted by molar-refractivity contribution is -0.384. The second-order valence-electron chi connectivity index (χ2n) is 7.23. The number of carbonyl (C=O) groups is 1. The van der Waals surface area contributed by atoms with Crippen molar-refractivity contribution in [2.75, 3.05) is 6.54 Å². The van der Waals surface area contributed by atoms with Crippen LogP contribution in [0.1, 0.15) is 41.6 Å². The Balaban J connectivity index is 1.58. The number of non-ortho nitro benzene ring substituents is 1. The van der Waals surface area contributed by atoms with E-state index in [1.807, 2.05) is 18.2 Å². The molecule has 1 amide bonds. The second kappa shape index (κ2) is 6.87. The Morgan fingerprint density at radius 3 is 2.59 bits per heavy atom. The number of aromatic amines is 1. The highest BCUT2D eigenvalue weighted by molar-refractivity contribution is 6.07. The lowest BCUT2D eigenvalue weighted by Gasteiger charge is -2.30. The first-order chi connectivity index (χ1) is 13.1. The minimum atomic E-state index is -0.447. The largest absolute Gasteiger partial charge is 0.360 e. The van der Waals surface area contributed by atoms with Crippen molar-refractivity contribution >= 4 is 22.5 Å². The topological polar surface area (TPSA) is 88.0 Å². The molecule has 1 aliphatic rings. The number of fused-ring (bicyclic) bond motifs is 1. The van der Waals surface area contributed by atoms with Crippen LogP contribution in [0.2, 0.25) is 0 Å². The molecule has 0 spiro atoms. The van der Waals surface area contributed by atoms with Gasteiger partial charge in [-0.05, 0) is 24.5 Å². The molecule has 0 aliphatic heterocycles. The predicted molar refractivity (Wildman–Crippen MR) is 104 cm³/mol. The third-order valence-corrected chi connectivity index (χ3v) is 5.65. The molecule has 0 bridgehead atoms. The number of nitro groups is 1. The predicted octanol–water partition coefficient (Wildman–Crippen LogP) is 4.32. The number of nitrogens with one attached hydrogen (secondary N) is 2. The number of hydrogen-bond donors (Lipinski definition) is 2. The molecule has 3 aromatic rings. The average molecular weight is 363 g/mol. The maximum Gasteiger partial charge on any atom is 0.270 e. The van der Waals surface area contributed by atoms with E-state index in [-0.39, 0.29) is 17.0 Å². The molecule has 1 saturated carbocycles. The van der Waals surface area contributed by atoms with E-state index in [1.165, 1.54) is 17.7 Å². The summed E-state index contributed by atoms with van der Waals surface area (Å²) in [5.41, 5.74) is 2.36. The Morgan fingerprint density at radius 2 is 1.89 bits per heavy atom. The molecule has 27 heavy (non-hydrogen) atoms. The fraction of sp³-hybridized carbons (Fsp3) is 0.286. The fourth-order valence-corrected chi connectivity index (χ4v) is 4.17. The smallest absolute Gasteiger partial charge is 0.270 e. The van der Waals surface area contributed by atoms with Crippen LogP contribution in [-0.4, -0.2) is 22.4 Å². The summed E-state index contributed by atoms with van der Waals surface area (Å²) in [6, 6.07) is 14.9. The molecule has 6 heteroatoms. The van der Waals surface area contributed by atoms with Crippen LogP contribution in [0, 0.1) is 10.1 Å². The van der Waals surface area contributed by atoms with Crippen molar-refractivity contribution in [2.45, 2.75) is 31.1 Å². The number of rotatable bonds is 5. The molecule has 0 radical (unpaired) electrons. The maximum atomic E-state index is 12.8. The van der Waals surface area contributed by atoms with Gasteiger partial charge in [-0.3, -0.25) is 14.9 Å². The zero-order valence-electron chi connectivity index (χ0n) is 14.9. The van der Waals surface area contributed by atoms with Crippen LogP contribution in [-0.2, 0) is 5.41 Å². The van der Waals surface area contributed by atoms with Gasteiger partial charge in [0.1, 0.15) is 0 Å². The molecule has 1 heterocycles. The Morgan fingerprint density at radius 1 is 1.15 bits per heavy atom. The van der Waals surface area contributed by atoms with Crippen molar-refractivity contribution in [1.82, 2.24) is 10.3 Å². The highest BCUT2D eigenvalue weighted by atomic mass is 16.6. The number of benzene rings is 2. The van der Waals surface area contributed by atoms with Crippen molar-refractivity contribution in [3.8, 4) is 0 Å². The Hall–Kier alpha value is -3.15. The Bertz CT molecular complexity index is 988. The summed E-state index contributed by atoms with van der Waals surface area (Å²) in [6.45, 7) is 0.567. The Kier molecular flexibility index (Phi) is 4.39. The van der Waals surface area contributed by atoms with Crippen LogP contribution in [0.3, 0.4) is 0 Å². The summed E-state index contributed by atoms with van der Waals surface area (Å²) in [7, 11) is 0. The number of nitro benzene ring substituents is 1. The van der Waals surface area contributed by atoms with Gasteiger partial charge in [0.05, 0.1) is 10.5 Å². The lowest BCUT2D eigenvalue weighted by Crippen LogP contribution is -2.39. The minimum absolute atomic E-state index is 0.0206. The summed E-state index contributed by atoms with van der Waals surface area (Å²) >= 11 is 0. The summed E-state index contributed by atoms with van der Waals surface area (Å²) < 4.78 is 0. The molecule has 1 aliphatic carbocycles. The molecule has 0 atom stereocenters. The van der Waals surface area contributed by atoms with Gasteiger partial charge in [-0.2, -0.15) is 0 Å². The molecule has 1 fully saturated rings. The summed E-state index contributed by atoms with van der Waals surface area (Å²) in [6.07, 6.45) is 6.04. The Labute approximate surface area is 156 Å². The fourth-order valence-electron chi connectivity index (χ4n) is 4.17. The zero-order chi connectivity index (χ0) is 18.9. The van der Waals surface area contributed by atoms with Gasteiger partial charge in [-0.25, -0.2) is 0 Å². The average Bonchev–Trinajstić information content (AvgIpc) is 3.34. The van der Waals surface area contributed by atoms with E-state index in [1.54, 1.807) is 12.3 Å². The first-order valence-electron chi connectivity index (χ1n) is 9.18. The molecular weight excluding hydrogens is 342 g/mol. The minimum Gasteiger partial charge on any atom is -0.360 e. The van der Waals surface area contributed by atoms with Gasteiger partial charge in [0.25, 0.3) is 11.6 Å². The van der Waals surface area contributed by atoms with Gasteiger partial charge in [0.15, 0.2) is 0 Å². The van der Waals surface area contributed by atoms with Crippen LogP contribution < -0.4 is 5.32 Å². The monoisotopic (exact) mass is 363 g/mol. The zero-order valence-corrected chi connectivity index (χ0v) is 14.9. The van der Waals surface area contributed by atoms with Crippen LogP contribution in [0.25, 0.3) is 10.9 Å². The standard InChI is InChI=1S/C21H21N3O3/c25-20(18-13-22-19-9-8-16(24(26)27)12-17(18)19)23-14-21(10-4-5-11-21)15-6-2-1-3-7-15/h1-3,6-9,12-13,22H,4-5,10-11,14H2,(H,23,25). The van der Waals surface area contributed by atoms with Gasteiger partial charge in [-0.1, -0.05) is 43.2 Å². The number of nitrogens with zero attached hydrogens (tertiary/aromatic N) is 1. The van der Waals surface area contributed by atoms with E-state index in [0.29, 0.717) is 23.0 Å². The van der Waals surface area contributed by atoms with Gasteiger partial charge in [0.2, 0.25) is 0 Å². The molecule has 2 aromatic carbocycles. The third kappa shape index (κ3) is 3.18. The van der Waals surface area contributed by atoms with Crippen molar-refractivity contribution in [1.29, 1.82) is 0 Å². The highest BCUT2D eigenvalue weighted by Crippen LogP contribution is 2.40. The maximum absolute atomic E-state index is 12.8. The van der Waals surface area contributed by atoms with Crippen molar-refractivity contribution < 1.29 is 9.72 Å². The summed E-state index contributed by atoms with van der Waals surface area (Å²) in [5.74, 6) is -0.205. The number of hydrogen-bond acceptors (Lipinski definition) is 3. The van der Waals surface area contributed by atoms with Gasteiger partial charge < -0.3 is 10.3 Å². The van der Waals surface area contributed by atoms with Gasteiger partial charge in [0, 0.05) is 41.2 Å². The molecule has 0 saturated heterocycles. The molecule has 6 nitrogen and oxygen atoms in total. The first-order valence-corrected chi connectivity index (χ1v) is 9.18. The summed E-state index contributed by atoms with van der Waals surface area (Å²) in [4.78, 5) is 26.4. The van der Waals surface area contributed by atoms with E-state index in [4.69, 9.17) is 0 Å². The molecule has 2 N–H and O–H groups in total. The van der Waals surface area contributed by atoms with E-state index >= 15 is 0 Å². The van der Waals surface area contributed by atoms with E-state index in [9.17, 15) is 14.9 Å². The normalized spacial score (nSPS) is 15.7. The van der Waals surface area contributed by atoms with Crippen molar-refractivity contribution in [2.24, 2.45) is 0 Å². The molecule has 1 aromatic heterocycles. The van der Waals surface area contributed by atoms with E-state index in [0.717, 1.165) is 25.7 Å². The molecular formula is C21H21N3O3. The first kappa shape index (κ1) is 17.3. The third-order valence-electron chi connectivity index (χ3n) is 5.65. The van der Waals surface area contributed by atoms with Crippen LogP contribution in [0.5, 0.6) is 0 Å². The van der Waals surface area contributed by atoms with Crippen LogP contribution >= 0.6 is 0 Å². The number of aromatic nitrogens is 1. The molecule has 4 rings (SSSR count). The summed E-state index contributed by atoms with van der Waals surface area (Å²) in [5, 5.41) is 14.7.